The van der Waals surface area contributed by atoms with Crippen LogP contribution in [0.25, 0.3) is 0 Å². The van der Waals surface area contributed by atoms with Crippen molar-refractivity contribution in [1.29, 1.82) is 0 Å². The number of hydrazone groups is 1. The van der Waals surface area contributed by atoms with Crippen molar-refractivity contribution >= 4 is 18.0 Å². The second kappa shape index (κ2) is 10.8. The number of nitrogens with one attached hydrogen (secondary N) is 1. The molecule has 0 bridgehead atoms. The number of hydrogen-bond acceptors (Lipinski definition) is 6. The molecule has 160 valence electrons. The molecule has 30 heavy (non-hydrogen) atoms. The Morgan fingerprint density at radius 2 is 1.83 bits per heavy atom. The van der Waals surface area contributed by atoms with E-state index >= 15 is 0 Å². The monoisotopic (exact) mass is 413 g/mol. The predicted octanol–water partition coefficient (Wildman–Crippen LogP) is 2.71. The van der Waals surface area contributed by atoms with Crippen molar-refractivity contribution < 1.29 is 23.8 Å². The van der Waals surface area contributed by atoms with Gasteiger partial charge >= 0.3 is 0 Å². The average molecular weight is 413 g/mol. The van der Waals surface area contributed by atoms with Gasteiger partial charge in [-0.2, -0.15) is 5.10 Å². The van der Waals surface area contributed by atoms with E-state index in [1.54, 1.807) is 70.6 Å². The maximum atomic E-state index is 12.2. The van der Waals surface area contributed by atoms with E-state index in [0.29, 0.717) is 35.0 Å². The summed E-state index contributed by atoms with van der Waals surface area (Å²) in [6.07, 6.45) is 0.852. The lowest BCUT2D eigenvalue weighted by Crippen LogP contribution is -2.35. The number of nitrogens with zero attached hydrogens (tertiary/aromatic N) is 2. The molecule has 0 spiro atoms. The summed E-state index contributed by atoms with van der Waals surface area (Å²) in [7, 11) is 4.91. The molecule has 2 aromatic rings. The van der Waals surface area contributed by atoms with Crippen molar-refractivity contribution in [3.8, 4) is 17.2 Å². The fourth-order valence-corrected chi connectivity index (χ4v) is 2.55. The molecule has 2 amide bonds. The second-order valence-electron chi connectivity index (χ2n) is 6.56. The Labute approximate surface area is 176 Å². The minimum Gasteiger partial charge on any atom is -0.497 e. The molecule has 2 rings (SSSR count). The number of likely N-dealkylation sites (N-methyl/N-ethyl adjacent to an activating group) is 1. The summed E-state index contributed by atoms with van der Waals surface area (Å²) in [4.78, 5) is 25.7. The first kappa shape index (κ1) is 22.7. The smallest absolute Gasteiger partial charge is 0.271 e. The minimum absolute atomic E-state index is 0.149. The van der Waals surface area contributed by atoms with Gasteiger partial charge in [0, 0.05) is 19.7 Å². The molecular weight excluding hydrogens is 386 g/mol. The van der Waals surface area contributed by atoms with Gasteiger partial charge < -0.3 is 19.1 Å². The van der Waals surface area contributed by atoms with E-state index in [4.69, 9.17) is 14.2 Å². The fraction of sp³-hybridized carbons (Fsp3) is 0.318. The molecule has 0 heterocycles. The van der Waals surface area contributed by atoms with Gasteiger partial charge in [-0.3, -0.25) is 9.59 Å². The molecule has 0 aliphatic rings. The molecule has 0 aliphatic carbocycles. The van der Waals surface area contributed by atoms with Gasteiger partial charge in [0.05, 0.1) is 19.9 Å². The molecule has 0 saturated carbocycles. The van der Waals surface area contributed by atoms with E-state index in [-0.39, 0.29) is 11.8 Å². The van der Waals surface area contributed by atoms with Gasteiger partial charge in [0.25, 0.3) is 11.8 Å². The molecule has 0 saturated heterocycles. The van der Waals surface area contributed by atoms with Crippen LogP contribution in [0.5, 0.6) is 17.2 Å². The highest BCUT2D eigenvalue weighted by Crippen LogP contribution is 2.29. The van der Waals surface area contributed by atoms with Crippen molar-refractivity contribution in [1.82, 2.24) is 10.3 Å². The van der Waals surface area contributed by atoms with E-state index in [1.807, 2.05) is 6.92 Å². The first-order valence-electron chi connectivity index (χ1n) is 9.47. The third-order valence-corrected chi connectivity index (χ3v) is 4.09. The highest BCUT2D eigenvalue weighted by Gasteiger charge is 2.18. The Morgan fingerprint density at radius 1 is 1.13 bits per heavy atom. The summed E-state index contributed by atoms with van der Waals surface area (Å²) in [5.74, 6) is 1.13. The number of methoxy groups -OCH3 is 1. The third kappa shape index (κ3) is 6.23. The van der Waals surface area contributed by atoms with Gasteiger partial charge in [-0.05, 0) is 61.9 Å². The van der Waals surface area contributed by atoms with Gasteiger partial charge in [0.1, 0.15) is 5.75 Å². The highest BCUT2D eigenvalue weighted by molar-refractivity contribution is 5.95. The number of rotatable bonds is 9. The van der Waals surface area contributed by atoms with Crippen molar-refractivity contribution in [3.63, 3.8) is 0 Å². The molecule has 0 fully saturated rings. The third-order valence-electron chi connectivity index (χ3n) is 4.09. The number of ether oxygens (including phenoxy) is 3. The summed E-state index contributed by atoms with van der Waals surface area (Å²) in [5.41, 5.74) is 3.64. The molecule has 2 aromatic carbocycles. The normalized spacial score (nSPS) is 11.6. The predicted molar refractivity (Wildman–Crippen MR) is 114 cm³/mol. The van der Waals surface area contributed by atoms with Crippen LogP contribution in [0, 0.1) is 0 Å². The number of amides is 2. The molecule has 0 aliphatic heterocycles. The zero-order valence-corrected chi connectivity index (χ0v) is 17.8. The molecule has 1 atom stereocenters. The Hall–Kier alpha value is -3.55. The van der Waals surface area contributed by atoms with Crippen molar-refractivity contribution in [2.24, 2.45) is 5.10 Å². The van der Waals surface area contributed by atoms with Crippen LogP contribution in [0.3, 0.4) is 0 Å². The molecule has 0 aromatic heterocycles. The first-order valence-corrected chi connectivity index (χ1v) is 9.47. The average Bonchev–Trinajstić information content (AvgIpc) is 2.74. The largest absolute Gasteiger partial charge is 0.497 e. The maximum absolute atomic E-state index is 12.2. The summed E-state index contributed by atoms with van der Waals surface area (Å²) in [6, 6.07) is 11.9. The fourth-order valence-electron chi connectivity index (χ4n) is 2.55. The van der Waals surface area contributed by atoms with Crippen molar-refractivity contribution in [2.45, 2.75) is 20.0 Å². The maximum Gasteiger partial charge on any atom is 0.271 e. The summed E-state index contributed by atoms with van der Waals surface area (Å²) in [5, 5.41) is 3.99. The molecule has 0 radical (unpaired) electrons. The zero-order chi connectivity index (χ0) is 22.1. The highest BCUT2D eigenvalue weighted by atomic mass is 16.5. The lowest BCUT2D eigenvalue weighted by Gasteiger charge is -2.20. The minimum atomic E-state index is -0.650. The van der Waals surface area contributed by atoms with Gasteiger partial charge in [-0.25, -0.2) is 5.43 Å². The van der Waals surface area contributed by atoms with E-state index < -0.39 is 6.10 Å². The van der Waals surface area contributed by atoms with Crippen LogP contribution in [0.1, 0.15) is 29.8 Å². The Bertz CT molecular complexity index is 894. The molecular formula is C22H27N3O5. The van der Waals surface area contributed by atoms with E-state index in [2.05, 4.69) is 10.5 Å². The number of benzene rings is 2. The zero-order valence-electron chi connectivity index (χ0n) is 17.8. The number of carbonyl (C=O) groups is 2. The van der Waals surface area contributed by atoms with Crippen LogP contribution in [-0.4, -0.2) is 56.8 Å². The van der Waals surface area contributed by atoms with Gasteiger partial charge in [-0.1, -0.05) is 0 Å². The lowest BCUT2D eigenvalue weighted by molar-refractivity contribution is -0.135. The Kier molecular flexibility index (Phi) is 8.22. The first-order chi connectivity index (χ1) is 14.3. The van der Waals surface area contributed by atoms with Crippen molar-refractivity contribution in [3.05, 3.63) is 53.6 Å². The van der Waals surface area contributed by atoms with Crippen LogP contribution in [0.4, 0.5) is 0 Å². The summed E-state index contributed by atoms with van der Waals surface area (Å²) >= 11 is 0. The summed E-state index contributed by atoms with van der Waals surface area (Å²) in [6.45, 7) is 3.97. The van der Waals surface area contributed by atoms with Crippen molar-refractivity contribution in [2.75, 3.05) is 27.8 Å². The molecule has 1 N–H and O–H groups in total. The SMILES string of the molecule is CCOc1cc(/C=N\NC(=O)c2ccc(OC)cc2)ccc1O[C@@H](C)C(=O)N(C)C. The van der Waals surface area contributed by atoms with Crippen LogP contribution in [0.15, 0.2) is 47.6 Å². The molecule has 0 unspecified atom stereocenters. The van der Waals surface area contributed by atoms with E-state index in [9.17, 15) is 9.59 Å². The van der Waals surface area contributed by atoms with Gasteiger partial charge in [0.2, 0.25) is 0 Å². The Balaban J connectivity index is 2.07. The van der Waals surface area contributed by atoms with E-state index in [1.165, 1.54) is 11.1 Å². The van der Waals surface area contributed by atoms with Crippen LogP contribution >= 0.6 is 0 Å². The standard InChI is InChI=1S/C22H27N3O5/c1-6-29-20-13-16(7-12-19(20)30-15(2)22(27)25(3)4)14-23-24-21(26)17-8-10-18(28-5)11-9-17/h7-15H,6H2,1-5H3,(H,24,26)/b23-14-/t15-/m0/s1. The molecule has 8 nitrogen and oxygen atoms in total. The molecule has 8 heteroatoms. The van der Waals surface area contributed by atoms with Crippen LogP contribution in [0.2, 0.25) is 0 Å². The van der Waals surface area contributed by atoms with Crippen LogP contribution in [-0.2, 0) is 4.79 Å². The number of carbonyl (C=O) groups excluding carboxylic acids is 2. The lowest BCUT2D eigenvalue weighted by atomic mass is 10.2. The van der Waals surface area contributed by atoms with Gasteiger partial charge in [0.15, 0.2) is 17.6 Å². The van der Waals surface area contributed by atoms with Crippen LogP contribution < -0.4 is 19.6 Å². The number of hydrogen-bond donors (Lipinski definition) is 1. The van der Waals surface area contributed by atoms with E-state index in [0.717, 1.165) is 0 Å². The summed E-state index contributed by atoms with van der Waals surface area (Å²) < 4.78 is 16.5. The second-order valence-corrected chi connectivity index (χ2v) is 6.56. The Morgan fingerprint density at radius 3 is 2.43 bits per heavy atom. The van der Waals surface area contributed by atoms with Gasteiger partial charge in [-0.15, -0.1) is 0 Å². The topological polar surface area (TPSA) is 89.5 Å². The quantitative estimate of drug-likeness (QED) is 0.504.